The van der Waals surface area contributed by atoms with Crippen molar-refractivity contribution in [2.45, 2.75) is 11.4 Å². The highest BCUT2D eigenvalue weighted by Gasteiger charge is 2.39. The zero-order valence-corrected chi connectivity index (χ0v) is 18.2. The molecular weight excluding hydrogens is 432 g/mol. The number of amides is 2. The fourth-order valence-corrected chi connectivity index (χ4v) is 4.24. The number of methoxy groups -OCH3 is 1. The molecule has 0 aliphatic carbocycles. The van der Waals surface area contributed by atoms with Gasteiger partial charge in [0.05, 0.1) is 19.3 Å². The molecule has 0 bridgehead atoms. The first kappa shape index (κ1) is 21.0. The number of anilines is 1. The average Bonchev–Trinajstić information content (AvgIpc) is 3.00. The number of carbonyl (C=O) groups is 2. The van der Waals surface area contributed by atoms with Gasteiger partial charge in [0.2, 0.25) is 0 Å². The monoisotopic (exact) mass is 450 g/mol. The van der Waals surface area contributed by atoms with E-state index >= 15 is 0 Å². The molecule has 4 rings (SSSR count). The van der Waals surface area contributed by atoms with Crippen molar-refractivity contribution in [3.63, 3.8) is 0 Å². The van der Waals surface area contributed by atoms with Crippen LogP contribution in [0.15, 0.2) is 94.4 Å². The van der Waals surface area contributed by atoms with Gasteiger partial charge in [-0.05, 0) is 42.0 Å². The summed E-state index contributed by atoms with van der Waals surface area (Å²) in [6, 6.07) is 23.8. The SMILES string of the molecule is COc1ccccc1NC1=C(Sc2ccc(Cl)cc2)C(=O)N(Cc2ccccc2)C1=O. The molecule has 1 aliphatic heterocycles. The molecule has 2 amide bonds. The van der Waals surface area contributed by atoms with Gasteiger partial charge in [-0.25, -0.2) is 0 Å². The Hall–Kier alpha value is -3.22. The van der Waals surface area contributed by atoms with Crippen LogP contribution in [0.5, 0.6) is 5.75 Å². The predicted molar refractivity (Wildman–Crippen MR) is 123 cm³/mol. The summed E-state index contributed by atoms with van der Waals surface area (Å²) in [6.07, 6.45) is 0. The van der Waals surface area contributed by atoms with E-state index in [0.29, 0.717) is 21.4 Å². The minimum atomic E-state index is -0.378. The van der Waals surface area contributed by atoms with Crippen molar-refractivity contribution in [1.29, 1.82) is 0 Å². The van der Waals surface area contributed by atoms with Gasteiger partial charge in [-0.3, -0.25) is 14.5 Å². The summed E-state index contributed by atoms with van der Waals surface area (Å²) in [5.74, 6) is -0.143. The van der Waals surface area contributed by atoms with Gasteiger partial charge in [-0.15, -0.1) is 0 Å². The van der Waals surface area contributed by atoms with Gasteiger partial charge in [0.15, 0.2) is 0 Å². The molecule has 0 spiro atoms. The summed E-state index contributed by atoms with van der Waals surface area (Å²) in [7, 11) is 1.56. The Labute approximate surface area is 189 Å². The molecular formula is C24H19ClN2O3S. The van der Waals surface area contributed by atoms with Crippen LogP contribution in [0.1, 0.15) is 5.56 Å². The number of hydrogen-bond acceptors (Lipinski definition) is 5. The van der Waals surface area contributed by atoms with Crippen LogP contribution in [0.25, 0.3) is 0 Å². The van der Waals surface area contributed by atoms with Crippen LogP contribution in [0, 0.1) is 0 Å². The lowest BCUT2D eigenvalue weighted by Gasteiger charge is -2.15. The first-order chi connectivity index (χ1) is 15.1. The molecule has 0 unspecified atom stereocenters. The first-order valence-electron chi connectivity index (χ1n) is 9.54. The Balaban J connectivity index is 1.70. The van der Waals surface area contributed by atoms with Gasteiger partial charge in [0, 0.05) is 9.92 Å². The molecule has 1 heterocycles. The maximum absolute atomic E-state index is 13.3. The fourth-order valence-electron chi connectivity index (χ4n) is 3.17. The van der Waals surface area contributed by atoms with E-state index in [1.54, 1.807) is 31.4 Å². The van der Waals surface area contributed by atoms with Crippen LogP contribution in [0.3, 0.4) is 0 Å². The summed E-state index contributed by atoms with van der Waals surface area (Å²) in [4.78, 5) is 29.0. The van der Waals surface area contributed by atoms with E-state index in [-0.39, 0.29) is 24.1 Å². The predicted octanol–water partition coefficient (Wildman–Crippen LogP) is 5.33. The first-order valence-corrected chi connectivity index (χ1v) is 10.7. The number of rotatable bonds is 7. The summed E-state index contributed by atoms with van der Waals surface area (Å²) in [5.41, 5.74) is 1.71. The van der Waals surface area contributed by atoms with Crippen LogP contribution in [-0.2, 0) is 16.1 Å². The molecule has 0 saturated carbocycles. The fraction of sp³-hybridized carbons (Fsp3) is 0.0833. The number of nitrogens with zero attached hydrogens (tertiary/aromatic N) is 1. The van der Waals surface area contributed by atoms with Gasteiger partial charge in [0.25, 0.3) is 11.8 Å². The number of hydrogen-bond donors (Lipinski definition) is 1. The van der Waals surface area contributed by atoms with Crippen molar-refractivity contribution >= 4 is 40.9 Å². The number of halogens is 1. The van der Waals surface area contributed by atoms with E-state index in [1.165, 1.54) is 16.7 Å². The largest absolute Gasteiger partial charge is 0.495 e. The maximum atomic E-state index is 13.3. The molecule has 0 atom stereocenters. The lowest BCUT2D eigenvalue weighted by molar-refractivity contribution is -0.137. The van der Waals surface area contributed by atoms with Crippen molar-refractivity contribution in [3.8, 4) is 5.75 Å². The molecule has 0 fully saturated rings. The minimum absolute atomic E-state index is 0.195. The number of thioether (sulfide) groups is 1. The topological polar surface area (TPSA) is 58.6 Å². The zero-order valence-electron chi connectivity index (χ0n) is 16.7. The number of benzene rings is 3. The Bertz CT molecular complexity index is 1150. The van der Waals surface area contributed by atoms with E-state index in [2.05, 4.69) is 5.32 Å². The molecule has 3 aromatic rings. The quantitative estimate of drug-likeness (QED) is 0.493. The molecule has 0 aromatic heterocycles. The van der Waals surface area contributed by atoms with Gasteiger partial charge < -0.3 is 10.1 Å². The molecule has 1 aliphatic rings. The van der Waals surface area contributed by atoms with Gasteiger partial charge in [-0.2, -0.15) is 0 Å². The smallest absolute Gasteiger partial charge is 0.278 e. The number of imide groups is 1. The number of nitrogens with one attached hydrogen (secondary N) is 1. The van der Waals surface area contributed by atoms with Gasteiger partial charge >= 0.3 is 0 Å². The van der Waals surface area contributed by atoms with Crippen LogP contribution in [0.2, 0.25) is 5.02 Å². The average molecular weight is 451 g/mol. The van der Waals surface area contributed by atoms with Crippen molar-refractivity contribution in [2.24, 2.45) is 0 Å². The van der Waals surface area contributed by atoms with E-state index in [4.69, 9.17) is 16.3 Å². The van der Waals surface area contributed by atoms with Crippen molar-refractivity contribution in [3.05, 3.63) is 100 Å². The molecule has 0 radical (unpaired) electrons. The lowest BCUT2D eigenvalue weighted by Crippen LogP contribution is -2.31. The maximum Gasteiger partial charge on any atom is 0.278 e. The van der Waals surface area contributed by atoms with Crippen LogP contribution >= 0.6 is 23.4 Å². The van der Waals surface area contributed by atoms with E-state index < -0.39 is 0 Å². The number of para-hydroxylation sites is 2. The molecule has 31 heavy (non-hydrogen) atoms. The molecule has 5 nitrogen and oxygen atoms in total. The second-order valence-corrected chi connectivity index (χ2v) is 8.29. The van der Waals surface area contributed by atoms with Gasteiger partial charge in [-0.1, -0.05) is 65.8 Å². The molecule has 1 N–H and O–H groups in total. The molecule has 7 heteroatoms. The standard InChI is InChI=1S/C24H19ClN2O3S/c1-30-20-10-6-5-9-19(20)26-21-22(31-18-13-11-17(25)12-14-18)24(29)27(23(21)28)15-16-7-3-2-4-8-16/h2-14,26H,15H2,1H3. The highest BCUT2D eigenvalue weighted by Crippen LogP contribution is 2.38. The van der Waals surface area contributed by atoms with Crippen LogP contribution in [0.4, 0.5) is 5.69 Å². The zero-order chi connectivity index (χ0) is 21.8. The summed E-state index contributed by atoms with van der Waals surface area (Å²) in [5, 5.41) is 3.74. The van der Waals surface area contributed by atoms with Crippen LogP contribution in [-0.4, -0.2) is 23.8 Å². The third kappa shape index (κ3) is 4.60. The third-order valence-electron chi connectivity index (χ3n) is 4.71. The molecule has 0 saturated heterocycles. The summed E-state index contributed by atoms with van der Waals surface area (Å²) in [6.45, 7) is 0.195. The van der Waals surface area contributed by atoms with Gasteiger partial charge in [0.1, 0.15) is 16.4 Å². The van der Waals surface area contributed by atoms with Crippen LogP contribution < -0.4 is 10.1 Å². The second-order valence-electron chi connectivity index (χ2n) is 6.77. The highest BCUT2D eigenvalue weighted by atomic mass is 35.5. The normalized spacial score (nSPS) is 13.7. The van der Waals surface area contributed by atoms with Crippen molar-refractivity contribution in [2.75, 3.05) is 12.4 Å². The second kappa shape index (κ2) is 9.29. The van der Waals surface area contributed by atoms with Crippen molar-refractivity contribution in [1.82, 2.24) is 4.90 Å². The lowest BCUT2D eigenvalue weighted by atomic mass is 10.2. The number of ether oxygens (including phenoxy) is 1. The minimum Gasteiger partial charge on any atom is -0.495 e. The summed E-state index contributed by atoms with van der Waals surface area (Å²) < 4.78 is 5.39. The third-order valence-corrected chi connectivity index (χ3v) is 6.05. The Morgan fingerprint density at radius 2 is 1.58 bits per heavy atom. The Morgan fingerprint density at radius 1 is 0.903 bits per heavy atom. The Kier molecular flexibility index (Phi) is 6.30. The van der Waals surface area contributed by atoms with E-state index in [9.17, 15) is 9.59 Å². The molecule has 3 aromatic carbocycles. The molecule has 156 valence electrons. The summed E-state index contributed by atoms with van der Waals surface area (Å²) >= 11 is 7.22. The van der Waals surface area contributed by atoms with E-state index in [1.807, 2.05) is 54.6 Å². The van der Waals surface area contributed by atoms with Crippen molar-refractivity contribution < 1.29 is 14.3 Å². The number of carbonyl (C=O) groups excluding carboxylic acids is 2. The highest BCUT2D eigenvalue weighted by molar-refractivity contribution is 8.04. The Morgan fingerprint density at radius 3 is 2.29 bits per heavy atom. The van der Waals surface area contributed by atoms with E-state index in [0.717, 1.165) is 10.5 Å².